The molecule has 0 saturated carbocycles. The van der Waals surface area contributed by atoms with E-state index >= 15 is 0 Å². The van der Waals surface area contributed by atoms with Crippen LogP contribution in [-0.4, -0.2) is 189 Å². The van der Waals surface area contributed by atoms with Crippen LogP contribution in [0, 0.1) is 12.3 Å². The number of aromatic nitrogens is 9. The zero-order chi connectivity index (χ0) is 45.5. The van der Waals surface area contributed by atoms with Crippen LogP contribution in [-0.2, 0) is 36.6 Å². The second-order valence-corrected chi connectivity index (χ2v) is 16.0. The summed E-state index contributed by atoms with van der Waals surface area (Å²) in [5.74, 6) is 3.54. The lowest BCUT2D eigenvalue weighted by atomic mass is 10.1. The number of piperazine rings is 2. The summed E-state index contributed by atoms with van der Waals surface area (Å²) in [4.78, 5) is 50.2. The summed E-state index contributed by atoms with van der Waals surface area (Å²) >= 11 is 0. The Morgan fingerprint density at radius 1 is 0.750 bits per heavy atom. The summed E-state index contributed by atoms with van der Waals surface area (Å²) in [6.45, 7) is 11.3. The van der Waals surface area contributed by atoms with Gasteiger partial charge in [0.2, 0.25) is 29.7 Å². The van der Waals surface area contributed by atoms with Gasteiger partial charge in [-0.1, -0.05) is 29.7 Å². The molecule has 2 aliphatic rings. The predicted molar refractivity (Wildman–Crippen MR) is 241 cm³/mol. The molecule has 22 heteroatoms. The molecule has 0 unspecified atom stereocenters. The first-order valence-electron chi connectivity index (χ1n) is 22.9. The highest BCUT2D eigenvalue weighted by atomic mass is 16.5. The number of carbonyl (C=O) groups excluding carboxylic acids is 2. The summed E-state index contributed by atoms with van der Waals surface area (Å²) in [5.41, 5.74) is 13.1. The molecule has 3 atom stereocenters. The number of aliphatic hydroxyl groups is 1. The van der Waals surface area contributed by atoms with E-state index in [1.807, 2.05) is 16.0 Å². The Bertz CT molecular complexity index is 1860. The van der Waals surface area contributed by atoms with Gasteiger partial charge in [-0.25, -0.2) is 9.36 Å². The SMILES string of the molecule is C#CCOCCOCCOCCNc1nc(N2CCN(C(=O)[C@H]([C@@H](C)O)n3cc(CCCCN)nn3)CC2)nc(N2CCN(C(=O)[C@H](CCCCN)n3cc(CCCC)nn3)CC2)n1. The first-order valence-corrected chi connectivity index (χ1v) is 22.9. The average Bonchev–Trinajstić information content (AvgIpc) is 3.99. The van der Waals surface area contributed by atoms with Crippen molar-refractivity contribution in [2.45, 2.75) is 89.8 Å². The van der Waals surface area contributed by atoms with E-state index in [1.54, 1.807) is 22.7 Å². The molecule has 64 heavy (non-hydrogen) atoms. The van der Waals surface area contributed by atoms with Gasteiger partial charge in [-0.2, -0.15) is 15.0 Å². The van der Waals surface area contributed by atoms with Gasteiger partial charge in [0.15, 0.2) is 6.04 Å². The van der Waals surface area contributed by atoms with Gasteiger partial charge in [0.05, 0.1) is 50.5 Å². The van der Waals surface area contributed by atoms with Gasteiger partial charge >= 0.3 is 0 Å². The maximum atomic E-state index is 14.1. The van der Waals surface area contributed by atoms with Crippen LogP contribution in [0.1, 0.15) is 82.3 Å². The smallest absolute Gasteiger partial charge is 0.250 e. The maximum absolute atomic E-state index is 14.1. The van der Waals surface area contributed by atoms with Crippen molar-refractivity contribution in [2.24, 2.45) is 11.5 Å². The molecule has 2 aliphatic heterocycles. The van der Waals surface area contributed by atoms with Crippen LogP contribution in [0.25, 0.3) is 0 Å². The van der Waals surface area contributed by atoms with Crippen LogP contribution < -0.4 is 26.6 Å². The van der Waals surface area contributed by atoms with Crippen LogP contribution in [0.15, 0.2) is 12.4 Å². The summed E-state index contributed by atoms with van der Waals surface area (Å²) in [7, 11) is 0. The monoisotopic (exact) mass is 895 g/mol. The fourth-order valence-corrected chi connectivity index (χ4v) is 7.52. The zero-order valence-corrected chi connectivity index (χ0v) is 37.8. The molecule has 2 saturated heterocycles. The minimum absolute atomic E-state index is 0.0157. The number of amides is 2. The lowest BCUT2D eigenvalue weighted by molar-refractivity contribution is -0.138. The summed E-state index contributed by atoms with van der Waals surface area (Å²) < 4.78 is 19.7. The van der Waals surface area contributed by atoms with Gasteiger partial charge in [0.25, 0.3) is 0 Å². The Labute approximate surface area is 376 Å². The van der Waals surface area contributed by atoms with Crippen molar-refractivity contribution in [1.82, 2.24) is 54.7 Å². The number of hydrogen-bond donors (Lipinski definition) is 4. The highest BCUT2D eigenvalue weighted by molar-refractivity contribution is 5.81. The van der Waals surface area contributed by atoms with E-state index in [0.717, 1.165) is 56.3 Å². The number of hydrogen-bond acceptors (Lipinski definition) is 18. The van der Waals surface area contributed by atoms with Crippen molar-refractivity contribution in [3.05, 3.63) is 23.8 Å². The molecule has 0 spiro atoms. The number of carbonyl (C=O) groups is 2. The average molecular weight is 895 g/mol. The Balaban J connectivity index is 1.23. The molecule has 22 nitrogen and oxygen atoms in total. The zero-order valence-electron chi connectivity index (χ0n) is 37.8. The van der Waals surface area contributed by atoms with E-state index < -0.39 is 18.2 Å². The van der Waals surface area contributed by atoms with E-state index in [2.05, 4.69) is 43.7 Å². The normalized spacial score (nSPS) is 15.9. The maximum Gasteiger partial charge on any atom is 0.250 e. The minimum atomic E-state index is -0.983. The van der Waals surface area contributed by atoms with Crippen molar-refractivity contribution in [3.8, 4) is 12.3 Å². The van der Waals surface area contributed by atoms with Crippen LogP contribution in [0.5, 0.6) is 0 Å². The molecule has 3 aromatic heterocycles. The van der Waals surface area contributed by atoms with Gasteiger partial charge in [0.1, 0.15) is 12.6 Å². The van der Waals surface area contributed by atoms with E-state index in [1.165, 1.54) is 4.68 Å². The topological polar surface area (TPSA) is 259 Å². The first kappa shape index (κ1) is 50.0. The number of terminal acetylenes is 1. The Morgan fingerprint density at radius 2 is 1.30 bits per heavy atom. The number of aliphatic hydroxyl groups excluding tert-OH is 1. The fourth-order valence-electron chi connectivity index (χ4n) is 7.52. The standard InChI is InChI=1S/C42H70N16O6/c1-4-6-11-34-31-57(51-49-34)36(13-8-10-15-44)38(60)53-17-21-55(22-18-53)41-46-40(45-16-26-63-28-30-64-29-27-62-25-5-2)47-42(48-41)56-23-19-54(20-24-56)39(61)37(33(3)59)58-32-35(50-52-58)12-7-9-14-43/h2,31-33,36-37,59H,4,6-30,43-44H2,1,3H3,(H,45,46,47,48)/t33-,36+,37+/m1/s1. The molecular weight excluding hydrogens is 825 g/mol. The highest BCUT2D eigenvalue weighted by Gasteiger charge is 2.35. The number of ether oxygens (including phenoxy) is 3. The molecule has 2 amide bonds. The van der Waals surface area contributed by atoms with Crippen molar-refractivity contribution in [2.75, 3.05) is 127 Å². The number of anilines is 3. The third-order valence-electron chi connectivity index (χ3n) is 11.1. The molecule has 0 radical (unpaired) electrons. The molecule has 6 N–H and O–H groups in total. The molecule has 0 bridgehead atoms. The Kier molecular flexibility index (Phi) is 21.3. The lowest BCUT2D eigenvalue weighted by Crippen LogP contribution is -2.53. The van der Waals surface area contributed by atoms with Gasteiger partial charge in [0, 0.05) is 71.3 Å². The van der Waals surface area contributed by atoms with Crippen LogP contribution in [0.4, 0.5) is 17.8 Å². The molecule has 2 fully saturated rings. The largest absolute Gasteiger partial charge is 0.391 e. The lowest BCUT2D eigenvalue weighted by Gasteiger charge is -2.38. The number of unbranched alkanes of at least 4 members (excludes halogenated alkanes) is 3. The highest BCUT2D eigenvalue weighted by Crippen LogP contribution is 2.24. The second-order valence-electron chi connectivity index (χ2n) is 16.0. The quantitative estimate of drug-likeness (QED) is 0.0531. The van der Waals surface area contributed by atoms with E-state index in [-0.39, 0.29) is 18.4 Å². The molecule has 5 rings (SSSR count). The number of rotatable bonds is 29. The third kappa shape index (κ3) is 15.3. The first-order chi connectivity index (χ1) is 31.3. The van der Waals surface area contributed by atoms with E-state index in [0.29, 0.717) is 136 Å². The van der Waals surface area contributed by atoms with Crippen molar-refractivity contribution >= 4 is 29.7 Å². The number of nitrogens with one attached hydrogen (secondary N) is 1. The van der Waals surface area contributed by atoms with Crippen molar-refractivity contribution < 1.29 is 28.9 Å². The predicted octanol–water partition coefficient (Wildman–Crippen LogP) is 0.0631. The van der Waals surface area contributed by atoms with Gasteiger partial charge in [-0.3, -0.25) is 9.59 Å². The summed E-state index contributed by atoms with van der Waals surface area (Å²) in [6.07, 6.45) is 15.5. The van der Waals surface area contributed by atoms with Crippen LogP contribution in [0.2, 0.25) is 0 Å². The van der Waals surface area contributed by atoms with Gasteiger partial charge in [-0.15, -0.1) is 16.6 Å². The van der Waals surface area contributed by atoms with Crippen molar-refractivity contribution in [1.29, 1.82) is 0 Å². The third-order valence-corrected chi connectivity index (χ3v) is 11.1. The molecule has 0 aromatic carbocycles. The molecular formula is C42H70N16O6. The minimum Gasteiger partial charge on any atom is -0.391 e. The van der Waals surface area contributed by atoms with Crippen molar-refractivity contribution in [3.63, 3.8) is 0 Å². The van der Waals surface area contributed by atoms with Gasteiger partial charge in [-0.05, 0) is 71.4 Å². The second kappa shape index (κ2) is 27.3. The Hall–Kier alpha value is -5.05. The summed E-state index contributed by atoms with van der Waals surface area (Å²) in [5, 5.41) is 31.2. The molecule has 354 valence electrons. The number of nitrogens with zero attached hydrogens (tertiary/aromatic N) is 13. The Morgan fingerprint density at radius 3 is 1.89 bits per heavy atom. The number of aryl methyl sites for hydroxylation is 2. The van der Waals surface area contributed by atoms with E-state index in [4.69, 9.17) is 47.1 Å². The van der Waals surface area contributed by atoms with Gasteiger partial charge < -0.3 is 55.7 Å². The fraction of sp³-hybridized carbons (Fsp3) is 0.738. The molecule has 0 aliphatic carbocycles. The van der Waals surface area contributed by atoms with Crippen LogP contribution >= 0.6 is 0 Å². The van der Waals surface area contributed by atoms with E-state index in [9.17, 15) is 14.7 Å². The molecule has 3 aromatic rings. The molecule has 5 heterocycles. The summed E-state index contributed by atoms with van der Waals surface area (Å²) in [6, 6.07) is -1.36. The number of nitrogens with two attached hydrogens (primary N) is 2. The van der Waals surface area contributed by atoms with Crippen LogP contribution in [0.3, 0.4) is 0 Å².